The van der Waals surface area contributed by atoms with Gasteiger partial charge in [-0.2, -0.15) is 0 Å². The van der Waals surface area contributed by atoms with Crippen molar-refractivity contribution in [3.8, 4) is 0 Å². The van der Waals surface area contributed by atoms with Crippen molar-refractivity contribution in [3.63, 3.8) is 0 Å². The Labute approximate surface area is 120 Å². The van der Waals surface area contributed by atoms with Crippen molar-refractivity contribution in [1.82, 2.24) is 9.80 Å². The fourth-order valence-corrected chi connectivity index (χ4v) is 2.11. The first kappa shape index (κ1) is 18.8. The summed E-state index contributed by atoms with van der Waals surface area (Å²) in [6.07, 6.45) is 1.50. The third-order valence-electron chi connectivity index (χ3n) is 3.02. The molecule has 0 bridgehead atoms. The quantitative estimate of drug-likeness (QED) is 0.649. The highest BCUT2D eigenvalue weighted by Crippen LogP contribution is 2.10. The Kier molecular flexibility index (Phi) is 10.9. The summed E-state index contributed by atoms with van der Waals surface area (Å²) in [7, 11) is 1.95. The van der Waals surface area contributed by atoms with Crippen LogP contribution in [0.4, 0.5) is 0 Å². The van der Waals surface area contributed by atoms with Crippen molar-refractivity contribution in [3.05, 3.63) is 0 Å². The van der Waals surface area contributed by atoms with Crippen LogP contribution in [0, 0.1) is 0 Å². The molecule has 1 unspecified atom stereocenters. The lowest BCUT2D eigenvalue weighted by Gasteiger charge is -2.37. The van der Waals surface area contributed by atoms with Gasteiger partial charge in [-0.1, -0.05) is 6.92 Å². The van der Waals surface area contributed by atoms with E-state index in [1.165, 1.54) is 0 Å². The van der Waals surface area contributed by atoms with E-state index < -0.39 is 0 Å². The van der Waals surface area contributed by atoms with Gasteiger partial charge in [0.25, 0.3) is 6.47 Å². The standard InChI is InChI=1S/C12H24N2O3.CH2O2/c1-3-4-12(16)14-6-8-17-10-11(14)9-13(2)5-7-15;2-1-3/h11,15H,3-10H2,1-2H3;1H,(H,2,3). The minimum atomic E-state index is -0.250. The highest BCUT2D eigenvalue weighted by Gasteiger charge is 2.27. The SMILES string of the molecule is CCCC(=O)N1CCOCC1CN(C)CCO.O=CO. The maximum atomic E-state index is 12.0. The highest BCUT2D eigenvalue weighted by atomic mass is 16.5. The van der Waals surface area contributed by atoms with E-state index in [0.29, 0.717) is 32.7 Å². The van der Waals surface area contributed by atoms with Gasteiger partial charge in [-0.25, -0.2) is 0 Å². The third kappa shape index (κ3) is 7.42. The van der Waals surface area contributed by atoms with E-state index in [-0.39, 0.29) is 25.0 Å². The molecular formula is C13H26N2O5. The number of carbonyl (C=O) groups is 2. The van der Waals surface area contributed by atoms with Crippen molar-refractivity contribution < 1.29 is 24.5 Å². The lowest BCUT2D eigenvalue weighted by molar-refractivity contribution is -0.140. The molecule has 1 fully saturated rings. The molecule has 0 radical (unpaired) electrons. The predicted octanol–water partition coefficient (Wildman–Crippen LogP) is -0.361. The van der Waals surface area contributed by atoms with Crippen molar-refractivity contribution in [1.29, 1.82) is 0 Å². The lowest BCUT2D eigenvalue weighted by Crippen LogP contribution is -2.53. The number of aliphatic hydroxyl groups excluding tert-OH is 1. The number of rotatable bonds is 6. The second-order valence-corrected chi connectivity index (χ2v) is 4.66. The van der Waals surface area contributed by atoms with Gasteiger partial charge in [-0.05, 0) is 13.5 Å². The van der Waals surface area contributed by atoms with Crippen LogP contribution in [0.25, 0.3) is 0 Å². The van der Waals surface area contributed by atoms with Gasteiger partial charge in [-0.15, -0.1) is 0 Å². The predicted molar refractivity (Wildman–Crippen MR) is 74.5 cm³/mol. The smallest absolute Gasteiger partial charge is 0.290 e. The Morgan fingerprint density at radius 1 is 1.55 bits per heavy atom. The van der Waals surface area contributed by atoms with Crippen LogP contribution in [0.3, 0.4) is 0 Å². The molecule has 7 heteroatoms. The number of carboxylic acid groups (broad SMARTS) is 1. The first-order valence-corrected chi connectivity index (χ1v) is 6.85. The van der Waals surface area contributed by atoms with Gasteiger partial charge in [0.15, 0.2) is 0 Å². The molecule has 2 N–H and O–H groups in total. The second kappa shape index (κ2) is 11.6. The van der Waals surface area contributed by atoms with Crippen LogP contribution in [-0.2, 0) is 14.3 Å². The molecule has 0 aromatic carbocycles. The van der Waals surface area contributed by atoms with Gasteiger partial charge in [-0.3, -0.25) is 9.59 Å². The zero-order valence-corrected chi connectivity index (χ0v) is 12.3. The average molecular weight is 290 g/mol. The highest BCUT2D eigenvalue weighted by molar-refractivity contribution is 5.76. The Balaban J connectivity index is 0.00000110. The Bertz CT molecular complexity index is 275. The molecule has 1 saturated heterocycles. The van der Waals surface area contributed by atoms with Crippen molar-refractivity contribution in [2.24, 2.45) is 0 Å². The number of ether oxygens (including phenoxy) is 1. The van der Waals surface area contributed by atoms with Crippen LogP contribution in [-0.4, -0.2) is 84.9 Å². The minimum Gasteiger partial charge on any atom is -0.483 e. The lowest BCUT2D eigenvalue weighted by atomic mass is 10.2. The Hall–Kier alpha value is -1.18. The molecule has 1 rings (SSSR count). The number of aliphatic hydroxyl groups is 1. The third-order valence-corrected chi connectivity index (χ3v) is 3.02. The summed E-state index contributed by atoms with van der Waals surface area (Å²) in [6, 6.07) is 0.124. The molecule has 1 heterocycles. The van der Waals surface area contributed by atoms with E-state index in [1.54, 1.807) is 0 Å². The van der Waals surface area contributed by atoms with E-state index in [0.717, 1.165) is 13.0 Å². The normalized spacial score (nSPS) is 18.4. The maximum absolute atomic E-state index is 12.0. The summed E-state index contributed by atoms with van der Waals surface area (Å²) in [4.78, 5) is 24.3. The van der Waals surface area contributed by atoms with Crippen LogP contribution in [0.2, 0.25) is 0 Å². The molecule has 1 aliphatic rings. The van der Waals surface area contributed by atoms with Gasteiger partial charge in [0.1, 0.15) is 0 Å². The van der Waals surface area contributed by atoms with Crippen LogP contribution in [0.1, 0.15) is 19.8 Å². The molecule has 1 atom stereocenters. The maximum Gasteiger partial charge on any atom is 0.290 e. The number of morpholine rings is 1. The van der Waals surface area contributed by atoms with Crippen LogP contribution in [0.5, 0.6) is 0 Å². The van der Waals surface area contributed by atoms with E-state index in [2.05, 4.69) is 0 Å². The zero-order valence-electron chi connectivity index (χ0n) is 12.3. The monoisotopic (exact) mass is 290 g/mol. The molecule has 0 aliphatic carbocycles. The molecule has 20 heavy (non-hydrogen) atoms. The molecule has 7 nitrogen and oxygen atoms in total. The largest absolute Gasteiger partial charge is 0.483 e. The molecule has 1 aliphatic heterocycles. The summed E-state index contributed by atoms with van der Waals surface area (Å²) in [5.41, 5.74) is 0. The number of hydrogen-bond donors (Lipinski definition) is 2. The first-order valence-electron chi connectivity index (χ1n) is 6.85. The number of hydrogen-bond acceptors (Lipinski definition) is 5. The molecule has 1 amide bonds. The van der Waals surface area contributed by atoms with E-state index >= 15 is 0 Å². The van der Waals surface area contributed by atoms with Crippen molar-refractivity contribution in [2.75, 3.05) is 46.5 Å². The summed E-state index contributed by atoms with van der Waals surface area (Å²) in [5, 5.41) is 15.8. The van der Waals surface area contributed by atoms with Crippen molar-refractivity contribution >= 4 is 12.4 Å². The first-order chi connectivity index (χ1) is 9.60. The molecule has 0 aromatic rings. The average Bonchev–Trinajstić information content (AvgIpc) is 2.40. The van der Waals surface area contributed by atoms with Crippen molar-refractivity contribution in [2.45, 2.75) is 25.8 Å². The fraction of sp³-hybridized carbons (Fsp3) is 0.846. The van der Waals surface area contributed by atoms with E-state index in [4.69, 9.17) is 19.7 Å². The Morgan fingerprint density at radius 2 is 2.20 bits per heavy atom. The molecular weight excluding hydrogens is 264 g/mol. The number of amides is 1. The number of nitrogens with zero attached hydrogens (tertiary/aromatic N) is 2. The topological polar surface area (TPSA) is 90.3 Å². The summed E-state index contributed by atoms with van der Waals surface area (Å²) < 4.78 is 5.44. The molecule has 0 spiro atoms. The minimum absolute atomic E-state index is 0.124. The van der Waals surface area contributed by atoms with E-state index in [9.17, 15) is 4.79 Å². The van der Waals surface area contributed by atoms with Gasteiger partial charge < -0.3 is 24.7 Å². The van der Waals surface area contributed by atoms with Gasteiger partial charge in [0, 0.05) is 26.1 Å². The van der Waals surface area contributed by atoms with Gasteiger partial charge >= 0.3 is 0 Å². The summed E-state index contributed by atoms with van der Waals surface area (Å²) in [6.45, 7) is 5.23. The summed E-state index contributed by atoms with van der Waals surface area (Å²) in [5.74, 6) is 0.221. The van der Waals surface area contributed by atoms with Gasteiger partial charge in [0.2, 0.25) is 5.91 Å². The fourth-order valence-electron chi connectivity index (χ4n) is 2.11. The van der Waals surface area contributed by atoms with E-state index in [1.807, 2.05) is 23.8 Å². The summed E-state index contributed by atoms with van der Waals surface area (Å²) >= 11 is 0. The molecule has 0 saturated carbocycles. The molecule has 118 valence electrons. The van der Waals surface area contributed by atoms with Gasteiger partial charge in [0.05, 0.1) is 25.9 Å². The number of likely N-dealkylation sites (N-methyl/N-ethyl adjacent to an activating group) is 1. The number of carbonyl (C=O) groups excluding carboxylic acids is 1. The van der Waals surface area contributed by atoms with Crippen LogP contribution in [0.15, 0.2) is 0 Å². The van der Waals surface area contributed by atoms with Crippen LogP contribution >= 0.6 is 0 Å². The zero-order chi connectivity index (χ0) is 15.4. The van der Waals surface area contributed by atoms with Crippen LogP contribution < -0.4 is 0 Å². The molecule has 0 aromatic heterocycles. The second-order valence-electron chi connectivity index (χ2n) is 4.66. The Morgan fingerprint density at radius 3 is 2.75 bits per heavy atom.